The number of nitrogens with zero attached hydrogens (tertiary/aromatic N) is 2. The fourth-order valence-corrected chi connectivity index (χ4v) is 4.21. The largest absolute Gasteiger partial charge is 0.385 e. The normalized spacial score (nSPS) is 21.4. The van der Waals surface area contributed by atoms with Crippen molar-refractivity contribution in [2.24, 2.45) is 0 Å². The molecule has 140 valence electrons. The summed E-state index contributed by atoms with van der Waals surface area (Å²) in [6.07, 6.45) is 2.93. The molecule has 1 amide bonds. The number of benzene rings is 1. The molecule has 1 aromatic heterocycles. The van der Waals surface area contributed by atoms with E-state index in [4.69, 9.17) is 4.74 Å². The Kier molecular flexibility index (Phi) is 4.98. The summed E-state index contributed by atoms with van der Waals surface area (Å²) in [5.74, 6) is 0.0537. The number of quaternary nitrogens is 1. The minimum absolute atomic E-state index is 0.0537. The standard InChI is InChI=1S/C20H27N3O3/c1-22-9-8-17-16-6-2-3-7-18(16)23(19(17)20(22)25)13-14(24)11-21-12-15-5-4-10-26-15/h2-3,6-7,14-15,21,24H,4-5,8-13H2,1H3/p+1. The molecule has 1 saturated heterocycles. The van der Waals surface area contributed by atoms with Crippen LogP contribution in [0, 0.1) is 0 Å². The van der Waals surface area contributed by atoms with Crippen molar-refractivity contribution >= 4 is 16.8 Å². The van der Waals surface area contributed by atoms with Crippen LogP contribution in [0.25, 0.3) is 10.9 Å². The van der Waals surface area contributed by atoms with Crippen molar-refractivity contribution in [1.82, 2.24) is 9.47 Å². The van der Waals surface area contributed by atoms with Crippen LogP contribution in [-0.2, 0) is 17.7 Å². The number of aromatic nitrogens is 1. The third-order valence-electron chi connectivity index (χ3n) is 5.61. The molecule has 2 unspecified atom stereocenters. The Morgan fingerprint density at radius 1 is 1.38 bits per heavy atom. The van der Waals surface area contributed by atoms with Gasteiger partial charge in [-0.05, 0) is 30.9 Å². The minimum atomic E-state index is -0.503. The molecule has 3 heterocycles. The fourth-order valence-electron chi connectivity index (χ4n) is 4.21. The molecule has 6 nitrogen and oxygen atoms in total. The quantitative estimate of drug-likeness (QED) is 0.784. The number of likely N-dealkylation sites (N-methyl/N-ethyl adjacent to an activating group) is 1. The van der Waals surface area contributed by atoms with Crippen molar-refractivity contribution in [2.75, 3.05) is 33.3 Å². The van der Waals surface area contributed by atoms with Crippen LogP contribution >= 0.6 is 0 Å². The zero-order valence-corrected chi connectivity index (χ0v) is 15.4. The summed E-state index contributed by atoms with van der Waals surface area (Å²) in [6.45, 7) is 3.56. The van der Waals surface area contributed by atoms with Gasteiger partial charge in [0, 0.05) is 31.1 Å². The second-order valence-corrected chi connectivity index (χ2v) is 7.48. The maximum atomic E-state index is 12.8. The molecule has 1 aromatic carbocycles. The molecule has 4 rings (SSSR count). The zero-order chi connectivity index (χ0) is 18.1. The van der Waals surface area contributed by atoms with Gasteiger partial charge in [0.2, 0.25) is 0 Å². The van der Waals surface area contributed by atoms with Gasteiger partial charge in [0.15, 0.2) is 0 Å². The van der Waals surface area contributed by atoms with Crippen LogP contribution in [-0.4, -0.2) is 66.0 Å². The molecule has 26 heavy (non-hydrogen) atoms. The second-order valence-electron chi connectivity index (χ2n) is 7.48. The number of para-hydroxylation sites is 1. The number of ether oxygens (including phenoxy) is 1. The van der Waals surface area contributed by atoms with Gasteiger partial charge >= 0.3 is 0 Å². The van der Waals surface area contributed by atoms with E-state index in [1.807, 2.05) is 29.8 Å². The molecule has 2 aromatic rings. The number of amides is 1. The molecule has 0 radical (unpaired) electrons. The van der Waals surface area contributed by atoms with Gasteiger partial charge in [0.05, 0.1) is 6.54 Å². The van der Waals surface area contributed by atoms with Crippen molar-refractivity contribution in [3.63, 3.8) is 0 Å². The lowest BCUT2D eigenvalue weighted by atomic mass is 10.0. The number of aliphatic hydroxyl groups is 1. The lowest BCUT2D eigenvalue weighted by Gasteiger charge is -2.25. The minimum Gasteiger partial charge on any atom is -0.385 e. The van der Waals surface area contributed by atoms with Gasteiger partial charge in [-0.15, -0.1) is 0 Å². The molecule has 3 N–H and O–H groups in total. The van der Waals surface area contributed by atoms with Crippen molar-refractivity contribution < 1.29 is 20.0 Å². The summed E-state index contributed by atoms with van der Waals surface area (Å²) in [6, 6.07) is 8.14. The Morgan fingerprint density at radius 2 is 2.23 bits per heavy atom. The molecule has 1 fully saturated rings. The van der Waals surface area contributed by atoms with Crippen LogP contribution in [0.4, 0.5) is 0 Å². The van der Waals surface area contributed by atoms with E-state index < -0.39 is 6.10 Å². The summed E-state index contributed by atoms with van der Waals surface area (Å²) in [4.78, 5) is 14.5. The Hall–Kier alpha value is -1.89. The Balaban J connectivity index is 1.53. The first-order valence-electron chi connectivity index (χ1n) is 9.62. The third kappa shape index (κ3) is 3.24. The predicted octanol–water partition coefficient (Wildman–Crippen LogP) is 0.373. The number of aliphatic hydroxyl groups excluding tert-OH is 1. The summed E-state index contributed by atoms with van der Waals surface area (Å²) in [5.41, 5.74) is 2.91. The van der Waals surface area contributed by atoms with Crippen LogP contribution in [0.1, 0.15) is 28.9 Å². The number of rotatable bonds is 6. The molecular formula is C20H28N3O3+. The Labute approximate surface area is 153 Å². The van der Waals surface area contributed by atoms with Gasteiger partial charge in [0.25, 0.3) is 5.91 Å². The fraction of sp³-hybridized carbons (Fsp3) is 0.550. The Bertz CT molecular complexity index is 795. The average molecular weight is 358 g/mol. The molecule has 0 saturated carbocycles. The highest BCUT2D eigenvalue weighted by atomic mass is 16.5. The SMILES string of the molecule is CN1CCc2c(n(CC(O)C[NH2+]CC3CCCO3)c3ccccc23)C1=O. The van der Waals surface area contributed by atoms with Crippen molar-refractivity contribution in [3.05, 3.63) is 35.5 Å². The van der Waals surface area contributed by atoms with Crippen molar-refractivity contribution in [1.29, 1.82) is 0 Å². The first-order chi connectivity index (χ1) is 12.6. The van der Waals surface area contributed by atoms with E-state index in [9.17, 15) is 9.90 Å². The van der Waals surface area contributed by atoms with Crippen LogP contribution in [0.5, 0.6) is 0 Å². The number of fused-ring (bicyclic) bond motifs is 3. The molecular weight excluding hydrogens is 330 g/mol. The number of hydrogen-bond donors (Lipinski definition) is 2. The highest BCUT2D eigenvalue weighted by Crippen LogP contribution is 2.30. The summed E-state index contributed by atoms with van der Waals surface area (Å²) in [7, 11) is 1.85. The van der Waals surface area contributed by atoms with Gasteiger partial charge in [-0.2, -0.15) is 0 Å². The molecule has 0 spiro atoms. The van der Waals surface area contributed by atoms with E-state index in [1.54, 1.807) is 4.90 Å². The highest BCUT2D eigenvalue weighted by molar-refractivity contribution is 6.02. The lowest BCUT2D eigenvalue weighted by molar-refractivity contribution is -0.666. The summed E-state index contributed by atoms with van der Waals surface area (Å²) >= 11 is 0. The van der Waals surface area contributed by atoms with E-state index in [0.29, 0.717) is 19.2 Å². The monoisotopic (exact) mass is 358 g/mol. The third-order valence-corrected chi connectivity index (χ3v) is 5.61. The van der Waals surface area contributed by atoms with Crippen molar-refractivity contribution in [2.45, 2.75) is 38.0 Å². The molecule has 2 atom stereocenters. The smallest absolute Gasteiger partial charge is 0.270 e. The van der Waals surface area contributed by atoms with E-state index in [2.05, 4.69) is 11.4 Å². The molecule has 2 aliphatic heterocycles. The van der Waals surface area contributed by atoms with E-state index >= 15 is 0 Å². The van der Waals surface area contributed by atoms with Crippen LogP contribution in [0.15, 0.2) is 24.3 Å². The van der Waals surface area contributed by atoms with Crippen molar-refractivity contribution in [3.8, 4) is 0 Å². The van der Waals surface area contributed by atoms with Crippen LogP contribution in [0.2, 0.25) is 0 Å². The maximum absolute atomic E-state index is 12.8. The second kappa shape index (κ2) is 7.39. The van der Waals surface area contributed by atoms with Crippen LogP contribution < -0.4 is 5.32 Å². The van der Waals surface area contributed by atoms with E-state index in [-0.39, 0.29) is 5.91 Å². The number of carbonyl (C=O) groups is 1. The molecule has 6 heteroatoms. The van der Waals surface area contributed by atoms with Gasteiger partial charge in [-0.1, -0.05) is 18.2 Å². The molecule has 0 bridgehead atoms. The first kappa shape index (κ1) is 17.5. The Morgan fingerprint density at radius 3 is 3.04 bits per heavy atom. The van der Waals surface area contributed by atoms with Crippen LogP contribution in [0.3, 0.4) is 0 Å². The van der Waals surface area contributed by atoms with Gasteiger partial charge in [-0.3, -0.25) is 4.79 Å². The highest BCUT2D eigenvalue weighted by Gasteiger charge is 2.29. The van der Waals surface area contributed by atoms with Gasteiger partial charge < -0.3 is 24.6 Å². The zero-order valence-electron chi connectivity index (χ0n) is 15.4. The first-order valence-corrected chi connectivity index (χ1v) is 9.62. The van der Waals surface area contributed by atoms with Gasteiger partial charge in [0.1, 0.15) is 31.0 Å². The van der Waals surface area contributed by atoms with Gasteiger partial charge in [-0.25, -0.2) is 0 Å². The summed E-state index contributed by atoms with van der Waals surface area (Å²) < 4.78 is 7.65. The molecule has 2 aliphatic rings. The number of nitrogens with two attached hydrogens (primary N) is 1. The number of carbonyl (C=O) groups excluding carboxylic acids is 1. The van der Waals surface area contributed by atoms with E-state index in [0.717, 1.165) is 61.1 Å². The predicted molar refractivity (Wildman–Crippen MR) is 99.2 cm³/mol. The summed E-state index contributed by atoms with van der Waals surface area (Å²) in [5, 5.41) is 13.9. The number of hydrogen-bond acceptors (Lipinski definition) is 3. The lowest BCUT2D eigenvalue weighted by Crippen LogP contribution is -2.88. The molecule has 0 aliphatic carbocycles. The van der Waals surface area contributed by atoms with E-state index in [1.165, 1.54) is 0 Å². The maximum Gasteiger partial charge on any atom is 0.270 e. The average Bonchev–Trinajstić information content (AvgIpc) is 3.26. The topological polar surface area (TPSA) is 71.3 Å².